The van der Waals surface area contributed by atoms with Crippen molar-refractivity contribution in [3.05, 3.63) is 125 Å². The first-order chi connectivity index (χ1) is 19.0. The van der Waals surface area contributed by atoms with Gasteiger partial charge in [-0.3, -0.25) is 25.6 Å². The number of nitriles is 1. The number of pyridine rings is 1. The number of nitrogens with two attached hydrogens (primary N) is 1. The van der Waals surface area contributed by atoms with E-state index in [1.165, 1.54) is 0 Å². The summed E-state index contributed by atoms with van der Waals surface area (Å²) in [5, 5.41) is 12.4. The van der Waals surface area contributed by atoms with Crippen LogP contribution in [0.5, 0.6) is 0 Å². The van der Waals surface area contributed by atoms with Crippen LogP contribution in [0.2, 0.25) is 0 Å². The molecule has 1 atom stereocenters. The smallest absolute Gasteiger partial charge is 0.254 e. The minimum atomic E-state index is -1.15. The molecule has 192 valence electrons. The molecule has 4 aromatic rings. The minimum absolute atomic E-state index is 0.0801. The number of nitrogens with one attached hydrogen (secondary N) is 1. The number of nitrogens with zero attached hydrogens (tertiary/aromatic N) is 6. The third-order valence-corrected chi connectivity index (χ3v) is 7.13. The third-order valence-electron chi connectivity index (χ3n) is 7.13. The van der Waals surface area contributed by atoms with Crippen LogP contribution in [0.3, 0.4) is 0 Å². The summed E-state index contributed by atoms with van der Waals surface area (Å²) < 4.78 is 0. The highest BCUT2D eigenvalue weighted by Gasteiger charge is 2.52. The van der Waals surface area contributed by atoms with Gasteiger partial charge in [0.15, 0.2) is 5.54 Å². The van der Waals surface area contributed by atoms with Crippen molar-refractivity contribution < 1.29 is 9.59 Å². The van der Waals surface area contributed by atoms with Crippen LogP contribution >= 0.6 is 0 Å². The average molecular weight is 517 g/mol. The zero-order valence-electron chi connectivity index (χ0n) is 20.9. The third kappa shape index (κ3) is 4.20. The lowest BCUT2D eigenvalue weighted by molar-refractivity contribution is -0.133. The SMILES string of the molecule is N#Cc1ncc2c(n1)CN(C(=O)c1ccnc(CN3C(=O)C(c4ccccc4)(c4ccccc4)NC3N)c1)C2. The Morgan fingerprint density at radius 1 is 1.05 bits per heavy atom. The van der Waals surface area contributed by atoms with Gasteiger partial charge in [-0.2, -0.15) is 5.26 Å². The fourth-order valence-corrected chi connectivity index (χ4v) is 5.24. The molecule has 2 aliphatic rings. The molecule has 0 aliphatic carbocycles. The number of rotatable bonds is 5. The molecular formula is C29H24N8O2. The number of amides is 2. The first-order valence-corrected chi connectivity index (χ1v) is 12.4. The Labute approximate surface area is 224 Å². The minimum Gasteiger partial charge on any atom is -0.328 e. The van der Waals surface area contributed by atoms with Crippen molar-refractivity contribution in [3.63, 3.8) is 0 Å². The van der Waals surface area contributed by atoms with Crippen molar-refractivity contribution in [2.24, 2.45) is 5.73 Å². The number of hydrogen-bond donors (Lipinski definition) is 2. The van der Waals surface area contributed by atoms with E-state index in [-0.39, 0.29) is 24.2 Å². The summed E-state index contributed by atoms with van der Waals surface area (Å²) in [5.74, 6) is -0.322. The Bertz CT molecular complexity index is 1560. The van der Waals surface area contributed by atoms with Crippen molar-refractivity contribution in [3.8, 4) is 6.07 Å². The van der Waals surface area contributed by atoms with Crippen LogP contribution in [0.25, 0.3) is 0 Å². The van der Waals surface area contributed by atoms with Crippen LogP contribution in [0.1, 0.15) is 44.3 Å². The molecule has 0 bridgehead atoms. The fourth-order valence-electron chi connectivity index (χ4n) is 5.24. The summed E-state index contributed by atoms with van der Waals surface area (Å²) in [5.41, 5.74) is 9.36. The molecule has 6 rings (SSSR count). The van der Waals surface area contributed by atoms with Crippen LogP contribution in [-0.4, -0.2) is 42.9 Å². The second kappa shape index (κ2) is 9.72. The quantitative estimate of drug-likeness (QED) is 0.410. The Kier molecular flexibility index (Phi) is 6.07. The highest BCUT2D eigenvalue weighted by Crippen LogP contribution is 2.37. The van der Waals surface area contributed by atoms with Crippen LogP contribution in [0.4, 0.5) is 0 Å². The Morgan fingerprint density at radius 3 is 2.41 bits per heavy atom. The van der Waals surface area contributed by atoms with Gasteiger partial charge in [0.2, 0.25) is 5.82 Å². The fraction of sp³-hybridized carbons (Fsp3) is 0.172. The molecule has 4 heterocycles. The highest BCUT2D eigenvalue weighted by molar-refractivity contribution is 5.95. The number of carbonyl (C=O) groups is 2. The normalized spacial score (nSPS) is 17.6. The molecule has 0 radical (unpaired) electrons. The molecule has 2 amide bonds. The van der Waals surface area contributed by atoms with Gasteiger partial charge in [0.25, 0.3) is 11.8 Å². The van der Waals surface area contributed by atoms with Crippen LogP contribution in [0.15, 0.2) is 85.2 Å². The molecule has 1 fully saturated rings. The van der Waals surface area contributed by atoms with Gasteiger partial charge >= 0.3 is 0 Å². The van der Waals surface area contributed by atoms with Crippen LogP contribution in [-0.2, 0) is 30.0 Å². The molecule has 10 heteroatoms. The van der Waals surface area contributed by atoms with Gasteiger partial charge in [-0.1, -0.05) is 60.7 Å². The van der Waals surface area contributed by atoms with E-state index in [9.17, 15) is 9.59 Å². The van der Waals surface area contributed by atoms with Gasteiger partial charge in [-0.25, -0.2) is 9.97 Å². The predicted molar refractivity (Wildman–Crippen MR) is 140 cm³/mol. The number of carbonyl (C=O) groups excluding carboxylic acids is 2. The van der Waals surface area contributed by atoms with E-state index >= 15 is 0 Å². The maximum absolute atomic E-state index is 14.1. The number of fused-ring (bicyclic) bond motifs is 1. The van der Waals surface area contributed by atoms with E-state index in [0.717, 1.165) is 16.7 Å². The van der Waals surface area contributed by atoms with Gasteiger partial charge in [0.1, 0.15) is 12.4 Å². The van der Waals surface area contributed by atoms with Gasteiger partial charge in [-0.05, 0) is 23.3 Å². The van der Waals surface area contributed by atoms with E-state index in [0.29, 0.717) is 30.0 Å². The second-order valence-electron chi connectivity index (χ2n) is 9.48. The molecule has 3 N–H and O–H groups in total. The zero-order valence-corrected chi connectivity index (χ0v) is 20.9. The summed E-state index contributed by atoms with van der Waals surface area (Å²) in [7, 11) is 0. The maximum atomic E-state index is 14.1. The van der Waals surface area contributed by atoms with Crippen molar-refractivity contribution in [1.29, 1.82) is 5.26 Å². The number of aromatic nitrogens is 3. The molecule has 1 saturated heterocycles. The van der Waals surface area contributed by atoms with E-state index in [1.54, 1.807) is 34.3 Å². The topological polar surface area (TPSA) is 141 Å². The van der Waals surface area contributed by atoms with Crippen molar-refractivity contribution in [2.45, 2.75) is 31.5 Å². The molecule has 0 saturated carbocycles. The monoisotopic (exact) mass is 516 g/mol. The van der Waals surface area contributed by atoms with Crippen molar-refractivity contribution in [2.75, 3.05) is 0 Å². The summed E-state index contributed by atoms with van der Waals surface area (Å²) in [6, 6.07) is 24.3. The molecule has 10 nitrogen and oxygen atoms in total. The summed E-state index contributed by atoms with van der Waals surface area (Å²) in [6.45, 7) is 0.763. The first-order valence-electron chi connectivity index (χ1n) is 12.4. The van der Waals surface area contributed by atoms with E-state index in [4.69, 9.17) is 11.0 Å². The lowest BCUT2D eigenvalue weighted by Gasteiger charge is -2.28. The molecular weight excluding hydrogens is 492 g/mol. The second-order valence-corrected chi connectivity index (χ2v) is 9.48. The maximum Gasteiger partial charge on any atom is 0.254 e. The summed E-state index contributed by atoms with van der Waals surface area (Å²) >= 11 is 0. The highest BCUT2D eigenvalue weighted by atomic mass is 16.2. The van der Waals surface area contributed by atoms with E-state index in [1.807, 2.05) is 66.7 Å². The van der Waals surface area contributed by atoms with Gasteiger partial charge in [-0.15, -0.1) is 0 Å². The Morgan fingerprint density at radius 2 is 1.74 bits per heavy atom. The lowest BCUT2D eigenvalue weighted by atomic mass is 9.82. The van der Waals surface area contributed by atoms with Crippen LogP contribution in [0, 0.1) is 11.3 Å². The van der Waals surface area contributed by atoms with Crippen molar-refractivity contribution in [1.82, 2.24) is 30.1 Å². The van der Waals surface area contributed by atoms with E-state index in [2.05, 4.69) is 20.3 Å². The Balaban J connectivity index is 1.26. The lowest BCUT2D eigenvalue weighted by Crippen LogP contribution is -2.48. The van der Waals surface area contributed by atoms with Crippen molar-refractivity contribution >= 4 is 11.8 Å². The van der Waals surface area contributed by atoms with Gasteiger partial charge in [0.05, 0.1) is 24.5 Å². The summed E-state index contributed by atoms with van der Waals surface area (Å²) in [6.07, 6.45) is 2.37. The Hall–Kier alpha value is -4.98. The standard InChI is InChI=1S/C29H24N8O2/c30-14-25-33-15-20-16-36(18-24(20)34-25)26(38)19-11-12-32-23(13-19)17-37-27(39)29(35-28(37)31,21-7-3-1-4-8-21)22-9-5-2-6-10-22/h1-13,15,28,35H,16-18,31H2. The van der Waals surface area contributed by atoms with E-state index < -0.39 is 11.8 Å². The van der Waals surface area contributed by atoms with Gasteiger partial charge in [0, 0.05) is 30.1 Å². The zero-order chi connectivity index (χ0) is 27.0. The molecule has 39 heavy (non-hydrogen) atoms. The summed E-state index contributed by atoms with van der Waals surface area (Å²) in [4.78, 5) is 43.3. The van der Waals surface area contributed by atoms with Gasteiger partial charge < -0.3 is 9.80 Å². The molecule has 0 spiro atoms. The number of benzene rings is 2. The first kappa shape index (κ1) is 24.4. The molecule has 1 unspecified atom stereocenters. The molecule has 2 aromatic heterocycles. The number of hydrogen-bond acceptors (Lipinski definition) is 8. The average Bonchev–Trinajstić information content (AvgIpc) is 3.52. The largest absolute Gasteiger partial charge is 0.328 e. The molecule has 2 aliphatic heterocycles. The predicted octanol–water partition coefficient (Wildman–Crippen LogP) is 2.02. The van der Waals surface area contributed by atoms with Crippen LogP contribution < -0.4 is 11.1 Å². The molecule has 2 aromatic carbocycles.